The lowest BCUT2D eigenvalue weighted by atomic mass is 9.76. The van der Waals surface area contributed by atoms with Crippen molar-refractivity contribution in [2.24, 2.45) is 11.8 Å². The minimum absolute atomic E-state index is 0.0539. The molecule has 7 N–H and O–H groups in total. The summed E-state index contributed by atoms with van der Waals surface area (Å²) >= 11 is 0. The first kappa shape index (κ1) is 21.9. The standard InChI is InChI=1S/C20H37N7O3/c28-16(8-9-17-24-19(27-30-17)15-7-3-10-21-15)22-11-4-12-23-18-13-5-1-2-6-14(13)20(29)26-25-18/h13-15,17-19,21,23-25,27H,1-12H2,(H,22,28)(H,26,29). The van der Waals surface area contributed by atoms with E-state index in [2.05, 4.69) is 37.6 Å². The van der Waals surface area contributed by atoms with Crippen LogP contribution in [-0.2, 0) is 14.4 Å². The molecular weight excluding hydrogens is 386 g/mol. The third-order valence-electron chi connectivity index (χ3n) is 6.81. The van der Waals surface area contributed by atoms with Gasteiger partial charge in [-0.2, -0.15) is 5.48 Å². The van der Waals surface area contributed by atoms with Crippen molar-refractivity contribution in [2.45, 2.75) is 82.4 Å². The zero-order chi connectivity index (χ0) is 20.8. The van der Waals surface area contributed by atoms with Gasteiger partial charge in [0.05, 0.1) is 12.3 Å². The summed E-state index contributed by atoms with van der Waals surface area (Å²) in [5.74, 6) is 0.671. The molecule has 0 spiro atoms. The number of fused-ring (bicyclic) bond motifs is 1. The molecule has 170 valence electrons. The lowest BCUT2D eigenvalue weighted by Gasteiger charge is -2.41. The highest BCUT2D eigenvalue weighted by Crippen LogP contribution is 2.33. The number of amides is 2. The number of hydrogen-bond acceptors (Lipinski definition) is 8. The summed E-state index contributed by atoms with van der Waals surface area (Å²) in [4.78, 5) is 29.7. The molecule has 6 unspecified atom stereocenters. The van der Waals surface area contributed by atoms with Crippen LogP contribution < -0.4 is 37.6 Å². The maximum Gasteiger partial charge on any atom is 0.237 e. The van der Waals surface area contributed by atoms with Gasteiger partial charge < -0.3 is 16.0 Å². The lowest BCUT2D eigenvalue weighted by molar-refractivity contribution is -0.134. The number of carbonyl (C=O) groups excluding carboxylic acids is 2. The lowest BCUT2D eigenvalue weighted by Crippen LogP contribution is -2.64. The van der Waals surface area contributed by atoms with Crippen LogP contribution in [0.3, 0.4) is 0 Å². The highest BCUT2D eigenvalue weighted by Gasteiger charge is 2.39. The molecule has 0 aromatic rings. The topological polar surface area (TPSA) is 128 Å². The Morgan fingerprint density at radius 2 is 2.03 bits per heavy atom. The SMILES string of the molecule is O=C(CCC1NC(C2CCCN2)NO1)NCCCNC1NNC(=O)C2CCCCC12. The van der Waals surface area contributed by atoms with Crippen molar-refractivity contribution in [3.8, 4) is 0 Å². The molecule has 0 aromatic carbocycles. The van der Waals surface area contributed by atoms with E-state index in [-0.39, 0.29) is 36.3 Å². The maximum absolute atomic E-state index is 12.1. The molecule has 3 aliphatic heterocycles. The molecule has 1 saturated carbocycles. The average molecular weight is 424 g/mol. The van der Waals surface area contributed by atoms with Crippen LogP contribution in [0.4, 0.5) is 0 Å². The number of nitrogens with one attached hydrogen (secondary N) is 7. The van der Waals surface area contributed by atoms with Gasteiger partial charge in [-0.05, 0) is 51.6 Å². The van der Waals surface area contributed by atoms with Gasteiger partial charge in [-0.25, -0.2) is 5.43 Å². The average Bonchev–Trinajstić information content (AvgIpc) is 3.45. The number of carbonyl (C=O) groups is 2. The molecule has 30 heavy (non-hydrogen) atoms. The first-order valence-corrected chi connectivity index (χ1v) is 11.7. The largest absolute Gasteiger partial charge is 0.356 e. The number of hydrazine groups is 1. The van der Waals surface area contributed by atoms with Gasteiger partial charge in [0.15, 0.2) is 0 Å². The Kier molecular flexibility index (Phi) is 7.91. The van der Waals surface area contributed by atoms with Crippen molar-refractivity contribution in [2.75, 3.05) is 19.6 Å². The van der Waals surface area contributed by atoms with E-state index in [0.29, 0.717) is 31.3 Å². The van der Waals surface area contributed by atoms with Gasteiger partial charge in [0, 0.05) is 30.8 Å². The second-order valence-electron chi connectivity index (χ2n) is 8.93. The normalized spacial score (nSPS) is 36.3. The van der Waals surface area contributed by atoms with E-state index in [1.807, 2.05) is 0 Å². The van der Waals surface area contributed by atoms with Gasteiger partial charge in [-0.3, -0.25) is 25.2 Å². The molecule has 6 atom stereocenters. The van der Waals surface area contributed by atoms with Crippen LogP contribution >= 0.6 is 0 Å². The van der Waals surface area contributed by atoms with Crippen LogP contribution in [0.25, 0.3) is 0 Å². The molecule has 4 aliphatic rings. The predicted molar refractivity (Wildman–Crippen MR) is 111 cm³/mol. The van der Waals surface area contributed by atoms with Gasteiger partial charge in [-0.15, -0.1) is 0 Å². The number of hydrogen-bond donors (Lipinski definition) is 7. The highest BCUT2D eigenvalue weighted by atomic mass is 16.7. The van der Waals surface area contributed by atoms with E-state index < -0.39 is 0 Å². The Bertz CT molecular complexity index is 587. The predicted octanol–water partition coefficient (Wildman–Crippen LogP) is -0.842. The van der Waals surface area contributed by atoms with E-state index in [4.69, 9.17) is 4.84 Å². The van der Waals surface area contributed by atoms with Crippen LogP contribution in [0.15, 0.2) is 0 Å². The summed E-state index contributed by atoms with van der Waals surface area (Å²) in [6.07, 6.45) is 8.79. The summed E-state index contributed by atoms with van der Waals surface area (Å²) in [6, 6.07) is 0.396. The Morgan fingerprint density at radius 3 is 2.90 bits per heavy atom. The van der Waals surface area contributed by atoms with Gasteiger partial charge in [-0.1, -0.05) is 12.8 Å². The van der Waals surface area contributed by atoms with Gasteiger partial charge in [0.1, 0.15) is 6.23 Å². The van der Waals surface area contributed by atoms with Crippen LogP contribution in [0.5, 0.6) is 0 Å². The molecule has 10 nitrogen and oxygen atoms in total. The fraction of sp³-hybridized carbons (Fsp3) is 0.900. The monoisotopic (exact) mass is 423 g/mol. The zero-order valence-electron chi connectivity index (χ0n) is 17.7. The molecule has 4 fully saturated rings. The first-order valence-electron chi connectivity index (χ1n) is 11.7. The van der Waals surface area contributed by atoms with Crippen LogP contribution in [0.2, 0.25) is 0 Å². The molecule has 1 aliphatic carbocycles. The second kappa shape index (κ2) is 10.8. The van der Waals surface area contributed by atoms with Crippen LogP contribution in [0, 0.1) is 11.8 Å². The second-order valence-corrected chi connectivity index (χ2v) is 8.93. The third kappa shape index (κ3) is 5.68. The molecular formula is C20H37N7O3. The van der Waals surface area contributed by atoms with Crippen molar-refractivity contribution in [3.05, 3.63) is 0 Å². The molecule has 0 bridgehead atoms. The minimum atomic E-state index is -0.124. The van der Waals surface area contributed by atoms with Crippen molar-refractivity contribution in [1.82, 2.24) is 37.6 Å². The van der Waals surface area contributed by atoms with Crippen molar-refractivity contribution < 1.29 is 14.4 Å². The summed E-state index contributed by atoms with van der Waals surface area (Å²) in [7, 11) is 0. The van der Waals surface area contributed by atoms with E-state index in [1.165, 1.54) is 12.8 Å². The summed E-state index contributed by atoms with van der Waals surface area (Å²) in [5.41, 5.74) is 8.96. The van der Waals surface area contributed by atoms with Crippen LogP contribution in [0.1, 0.15) is 57.8 Å². The highest BCUT2D eigenvalue weighted by molar-refractivity contribution is 5.79. The maximum atomic E-state index is 12.1. The van der Waals surface area contributed by atoms with Gasteiger partial charge >= 0.3 is 0 Å². The van der Waals surface area contributed by atoms with Gasteiger partial charge in [0.25, 0.3) is 0 Å². The number of rotatable bonds is 9. The fourth-order valence-electron chi connectivity index (χ4n) is 5.12. The molecule has 0 radical (unpaired) electrons. The Balaban J connectivity index is 1.05. The fourth-order valence-corrected chi connectivity index (χ4v) is 5.12. The molecule has 2 amide bonds. The van der Waals surface area contributed by atoms with E-state index in [0.717, 1.165) is 45.2 Å². The molecule has 0 aromatic heterocycles. The van der Waals surface area contributed by atoms with Gasteiger partial charge in [0.2, 0.25) is 11.8 Å². The summed E-state index contributed by atoms with van der Waals surface area (Å²) in [6.45, 7) is 2.49. The Hall–Kier alpha value is -1.30. The summed E-state index contributed by atoms with van der Waals surface area (Å²) < 4.78 is 0. The van der Waals surface area contributed by atoms with Crippen LogP contribution in [-0.4, -0.2) is 56.0 Å². The number of hydroxylamine groups is 1. The zero-order valence-corrected chi connectivity index (χ0v) is 17.7. The van der Waals surface area contributed by atoms with Crippen molar-refractivity contribution >= 4 is 11.8 Å². The van der Waals surface area contributed by atoms with Crippen molar-refractivity contribution in [3.63, 3.8) is 0 Å². The molecule has 3 saturated heterocycles. The smallest absolute Gasteiger partial charge is 0.237 e. The van der Waals surface area contributed by atoms with E-state index in [1.54, 1.807) is 0 Å². The quantitative estimate of drug-likeness (QED) is 0.239. The third-order valence-corrected chi connectivity index (χ3v) is 6.81. The molecule has 4 rings (SSSR count). The van der Waals surface area contributed by atoms with E-state index in [9.17, 15) is 9.59 Å². The molecule has 3 heterocycles. The van der Waals surface area contributed by atoms with E-state index >= 15 is 0 Å². The Morgan fingerprint density at radius 1 is 1.13 bits per heavy atom. The summed E-state index contributed by atoms with van der Waals surface area (Å²) in [5, 5.41) is 13.3. The first-order chi connectivity index (χ1) is 14.7. The minimum Gasteiger partial charge on any atom is -0.356 e. The van der Waals surface area contributed by atoms with Crippen molar-refractivity contribution in [1.29, 1.82) is 0 Å². The Labute approximate surface area is 178 Å². The molecule has 10 heteroatoms.